The van der Waals surface area contributed by atoms with Gasteiger partial charge in [0.25, 0.3) is 11.5 Å². The molecule has 184 valence electrons. The second-order valence-corrected chi connectivity index (χ2v) is 10.7. The molecule has 1 amide bonds. The summed E-state index contributed by atoms with van der Waals surface area (Å²) < 4.78 is 7.59. The van der Waals surface area contributed by atoms with Crippen molar-refractivity contribution in [2.24, 2.45) is 5.92 Å². The minimum absolute atomic E-state index is 0.0911. The number of amides is 1. The molecule has 2 N–H and O–H groups in total. The molecular formula is C27H33N5O3. The predicted molar refractivity (Wildman–Crippen MR) is 135 cm³/mol. The van der Waals surface area contributed by atoms with Gasteiger partial charge in [0.05, 0.1) is 11.6 Å². The van der Waals surface area contributed by atoms with E-state index >= 15 is 0 Å². The standard InChI is InChI=1S/C27H33N5O3/c1-17-5-3-4-6-21(17)32-22-9-12-28-25(33)23(22)24(30-32)29-19-7-8-20-18(15-19)16-31(26(20)34)27(2)10-13-35-14-11-27/h7-9,12,15,17,21H,3-6,10-11,13-14,16H2,1-2H3,(H,28,33)(H,29,30)/t17-,21-/m0/s1. The van der Waals surface area contributed by atoms with Gasteiger partial charge in [-0.1, -0.05) is 19.8 Å². The van der Waals surface area contributed by atoms with Gasteiger partial charge < -0.3 is 19.9 Å². The molecule has 1 saturated carbocycles. The number of fused-ring (bicyclic) bond motifs is 2. The molecule has 8 nitrogen and oxygen atoms in total. The van der Waals surface area contributed by atoms with E-state index in [0.717, 1.165) is 41.6 Å². The van der Waals surface area contributed by atoms with Crippen LogP contribution in [0.2, 0.25) is 0 Å². The molecule has 4 heterocycles. The van der Waals surface area contributed by atoms with E-state index in [1.807, 2.05) is 29.2 Å². The molecule has 1 aromatic carbocycles. The normalized spacial score (nSPS) is 24.1. The number of pyridine rings is 1. The number of carbonyl (C=O) groups is 1. The van der Waals surface area contributed by atoms with Gasteiger partial charge in [-0.05, 0) is 68.4 Å². The summed E-state index contributed by atoms with van der Waals surface area (Å²) in [6, 6.07) is 8.08. The molecule has 3 aromatic rings. The summed E-state index contributed by atoms with van der Waals surface area (Å²) >= 11 is 0. The first-order chi connectivity index (χ1) is 16.9. The maximum Gasteiger partial charge on any atom is 0.261 e. The lowest BCUT2D eigenvalue weighted by molar-refractivity contribution is -0.0110. The lowest BCUT2D eigenvalue weighted by Crippen LogP contribution is -2.49. The number of hydrogen-bond donors (Lipinski definition) is 2. The Labute approximate surface area is 204 Å². The van der Waals surface area contributed by atoms with Crippen LogP contribution in [0.25, 0.3) is 10.9 Å². The zero-order valence-electron chi connectivity index (χ0n) is 20.5. The second-order valence-electron chi connectivity index (χ2n) is 10.7. The summed E-state index contributed by atoms with van der Waals surface area (Å²) in [6.45, 7) is 6.41. The topological polar surface area (TPSA) is 92.2 Å². The van der Waals surface area contributed by atoms with Crippen molar-refractivity contribution < 1.29 is 9.53 Å². The number of ether oxygens (including phenoxy) is 1. The third-order valence-electron chi connectivity index (χ3n) is 8.40. The average Bonchev–Trinajstić information content (AvgIpc) is 3.39. The van der Waals surface area contributed by atoms with E-state index in [9.17, 15) is 9.59 Å². The van der Waals surface area contributed by atoms with E-state index in [0.29, 0.717) is 36.9 Å². The van der Waals surface area contributed by atoms with Crippen LogP contribution < -0.4 is 10.9 Å². The molecule has 0 bridgehead atoms. The minimum atomic E-state index is -0.180. The van der Waals surface area contributed by atoms with E-state index in [1.165, 1.54) is 19.3 Å². The Balaban J connectivity index is 1.33. The van der Waals surface area contributed by atoms with Gasteiger partial charge in [0.2, 0.25) is 0 Å². The van der Waals surface area contributed by atoms with Gasteiger partial charge in [-0.15, -0.1) is 0 Å². The van der Waals surface area contributed by atoms with Crippen molar-refractivity contribution in [2.75, 3.05) is 18.5 Å². The smallest absolute Gasteiger partial charge is 0.261 e. The van der Waals surface area contributed by atoms with Crippen molar-refractivity contribution >= 4 is 28.3 Å². The zero-order chi connectivity index (χ0) is 24.2. The van der Waals surface area contributed by atoms with Crippen molar-refractivity contribution in [1.29, 1.82) is 0 Å². The number of aromatic nitrogens is 3. The van der Waals surface area contributed by atoms with E-state index in [1.54, 1.807) is 6.20 Å². The Kier molecular flexibility index (Phi) is 5.44. The second kappa shape index (κ2) is 8.52. The van der Waals surface area contributed by atoms with Crippen LogP contribution in [0, 0.1) is 5.92 Å². The summed E-state index contributed by atoms with van der Waals surface area (Å²) in [7, 11) is 0. The SMILES string of the molecule is C[C@H]1CCCC[C@@H]1n1nc(Nc2ccc3c(c2)CN(C2(C)CCOCC2)C3=O)c2c(=O)[nH]ccc21. The minimum Gasteiger partial charge on any atom is -0.381 e. The van der Waals surface area contributed by atoms with Crippen LogP contribution in [0.5, 0.6) is 0 Å². The number of benzene rings is 1. The highest BCUT2D eigenvalue weighted by Crippen LogP contribution is 2.38. The molecule has 6 rings (SSSR count). The molecule has 1 aliphatic carbocycles. The zero-order valence-corrected chi connectivity index (χ0v) is 20.5. The number of rotatable bonds is 4. The molecule has 0 spiro atoms. The molecule has 2 atom stereocenters. The van der Waals surface area contributed by atoms with Gasteiger partial charge in [0.15, 0.2) is 5.82 Å². The highest BCUT2D eigenvalue weighted by atomic mass is 16.5. The maximum atomic E-state index is 13.2. The number of nitrogens with one attached hydrogen (secondary N) is 2. The number of H-pyrrole nitrogens is 1. The molecule has 2 aromatic heterocycles. The predicted octanol–water partition coefficient (Wildman–Crippen LogP) is 4.74. The Morgan fingerprint density at radius 2 is 1.94 bits per heavy atom. The quantitative estimate of drug-likeness (QED) is 0.568. The van der Waals surface area contributed by atoms with Crippen molar-refractivity contribution in [3.05, 3.63) is 51.9 Å². The van der Waals surface area contributed by atoms with Crippen LogP contribution in [0.4, 0.5) is 11.5 Å². The fourth-order valence-corrected chi connectivity index (χ4v) is 6.15. The molecular weight excluding hydrogens is 442 g/mol. The van der Waals surface area contributed by atoms with Gasteiger partial charge >= 0.3 is 0 Å². The van der Waals surface area contributed by atoms with Gasteiger partial charge in [0.1, 0.15) is 5.39 Å². The molecule has 1 saturated heterocycles. The first-order valence-electron chi connectivity index (χ1n) is 12.8. The highest BCUT2D eigenvalue weighted by molar-refractivity contribution is 5.99. The van der Waals surface area contributed by atoms with Gasteiger partial charge in [0, 0.05) is 42.7 Å². The summed E-state index contributed by atoms with van der Waals surface area (Å²) in [4.78, 5) is 30.9. The summed E-state index contributed by atoms with van der Waals surface area (Å²) in [5.74, 6) is 1.17. The fourth-order valence-electron chi connectivity index (χ4n) is 6.15. The van der Waals surface area contributed by atoms with Crippen molar-refractivity contribution in [1.82, 2.24) is 19.7 Å². The van der Waals surface area contributed by atoms with Crippen molar-refractivity contribution in [2.45, 2.75) is 70.5 Å². The summed E-state index contributed by atoms with van der Waals surface area (Å²) in [5, 5.41) is 8.91. The summed E-state index contributed by atoms with van der Waals surface area (Å²) in [5.41, 5.74) is 3.14. The Hall–Kier alpha value is -3.13. The monoisotopic (exact) mass is 475 g/mol. The van der Waals surface area contributed by atoms with Crippen LogP contribution in [-0.4, -0.2) is 44.3 Å². The number of nitrogens with zero attached hydrogens (tertiary/aromatic N) is 3. The Bertz CT molecular complexity index is 1340. The van der Waals surface area contributed by atoms with Crippen LogP contribution in [0.1, 0.15) is 74.3 Å². The summed E-state index contributed by atoms with van der Waals surface area (Å²) in [6.07, 6.45) is 8.09. The molecule has 2 aliphatic heterocycles. The van der Waals surface area contributed by atoms with Crippen LogP contribution >= 0.6 is 0 Å². The highest BCUT2D eigenvalue weighted by Gasteiger charge is 2.41. The molecule has 0 radical (unpaired) electrons. The number of hydrogen-bond acceptors (Lipinski definition) is 5. The van der Waals surface area contributed by atoms with Crippen LogP contribution in [-0.2, 0) is 11.3 Å². The van der Waals surface area contributed by atoms with Gasteiger partial charge in [-0.3, -0.25) is 14.3 Å². The number of anilines is 2. The molecule has 0 unspecified atom stereocenters. The largest absolute Gasteiger partial charge is 0.381 e. The van der Waals surface area contributed by atoms with Crippen LogP contribution in [0.15, 0.2) is 35.3 Å². The molecule has 2 fully saturated rings. The van der Waals surface area contributed by atoms with Crippen molar-refractivity contribution in [3.8, 4) is 0 Å². The van der Waals surface area contributed by atoms with E-state index < -0.39 is 0 Å². The maximum absolute atomic E-state index is 13.2. The third-order valence-corrected chi connectivity index (χ3v) is 8.40. The van der Waals surface area contributed by atoms with E-state index in [-0.39, 0.29) is 23.0 Å². The third kappa shape index (κ3) is 3.75. The fraction of sp³-hybridized carbons (Fsp3) is 0.519. The number of aromatic amines is 1. The Morgan fingerprint density at radius 3 is 2.74 bits per heavy atom. The van der Waals surface area contributed by atoms with E-state index in [4.69, 9.17) is 9.84 Å². The number of carbonyl (C=O) groups excluding carboxylic acids is 1. The Morgan fingerprint density at radius 1 is 1.14 bits per heavy atom. The molecule has 35 heavy (non-hydrogen) atoms. The average molecular weight is 476 g/mol. The van der Waals surface area contributed by atoms with Gasteiger partial charge in [-0.2, -0.15) is 5.10 Å². The molecule has 8 heteroatoms. The van der Waals surface area contributed by atoms with Gasteiger partial charge in [-0.25, -0.2) is 0 Å². The first-order valence-corrected chi connectivity index (χ1v) is 12.8. The lowest BCUT2D eigenvalue weighted by atomic mass is 9.86. The first kappa shape index (κ1) is 22.3. The van der Waals surface area contributed by atoms with E-state index in [2.05, 4.69) is 28.8 Å². The van der Waals surface area contributed by atoms with Crippen molar-refractivity contribution in [3.63, 3.8) is 0 Å². The lowest BCUT2D eigenvalue weighted by Gasteiger charge is -2.41. The molecule has 3 aliphatic rings. The van der Waals surface area contributed by atoms with Crippen LogP contribution in [0.3, 0.4) is 0 Å².